The molecule has 3 atom stereocenters. The van der Waals surface area contributed by atoms with Crippen LogP contribution in [0.2, 0.25) is 0 Å². The van der Waals surface area contributed by atoms with Crippen LogP contribution in [0.3, 0.4) is 0 Å². The van der Waals surface area contributed by atoms with E-state index in [0.29, 0.717) is 6.42 Å². The van der Waals surface area contributed by atoms with Gasteiger partial charge in [0.15, 0.2) is 0 Å². The number of hydrogen-bond donors (Lipinski definition) is 9. The van der Waals surface area contributed by atoms with Crippen molar-refractivity contribution in [2.75, 3.05) is 37.1 Å². The highest BCUT2D eigenvalue weighted by Crippen LogP contribution is 2.50. The molecule has 0 aromatic heterocycles. The Kier molecular flexibility index (Phi) is 12.7. The first-order valence-corrected chi connectivity index (χ1v) is 9.89. The second-order valence-electron chi connectivity index (χ2n) is 6.49. The molecular formula is C15H32O6S3. The molecule has 0 aromatic carbocycles. The smallest absolute Gasteiger partial charge is 0.0633 e. The molecule has 3 unspecified atom stereocenters. The second-order valence-corrected chi connectivity index (χ2v) is 7.59. The first-order valence-electron chi connectivity index (χ1n) is 7.99. The summed E-state index contributed by atoms with van der Waals surface area (Å²) >= 11 is 12.2. The zero-order valence-electron chi connectivity index (χ0n) is 13.8. The van der Waals surface area contributed by atoms with Crippen LogP contribution in [-0.2, 0) is 0 Å². The number of rotatable bonds is 14. The normalized spacial score (nSPS) is 18.9. The summed E-state index contributed by atoms with van der Waals surface area (Å²) in [4.78, 5) is 0. The van der Waals surface area contributed by atoms with Crippen LogP contribution in [0.25, 0.3) is 0 Å². The quantitative estimate of drug-likeness (QED) is 0.178. The van der Waals surface area contributed by atoms with Gasteiger partial charge in [0.25, 0.3) is 0 Å². The summed E-state index contributed by atoms with van der Waals surface area (Å²) in [6.07, 6.45) is -1.60. The van der Waals surface area contributed by atoms with Crippen molar-refractivity contribution < 1.29 is 30.6 Å². The van der Waals surface area contributed by atoms with Gasteiger partial charge in [-0.1, -0.05) is 0 Å². The second kappa shape index (κ2) is 12.2. The molecule has 0 rings (SSSR count). The van der Waals surface area contributed by atoms with E-state index in [2.05, 4.69) is 37.9 Å². The molecule has 0 saturated carbocycles. The Balaban J connectivity index is 5.87. The van der Waals surface area contributed by atoms with E-state index in [-0.39, 0.29) is 36.5 Å². The molecule has 0 radical (unpaired) electrons. The van der Waals surface area contributed by atoms with Gasteiger partial charge in [-0.15, -0.1) is 0 Å². The summed E-state index contributed by atoms with van der Waals surface area (Å²) in [6, 6.07) is 0. The number of hydrogen-bond acceptors (Lipinski definition) is 9. The fourth-order valence-electron chi connectivity index (χ4n) is 3.20. The summed E-state index contributed by atoms with van der Waals surface area (Å²) < 4.78 is 0. The van der Waals surface area contributed by atoms with E-state index in [1.807, 2.05) is 0 Å². The maximum absolute atomic E-state index is 10.2. The average molecular weight is 405 g/mol. The lowest BCUT2D eigenvalue weighted by Gasteiger charge is -2.50. The highest BCUT2D eigenvalue weighted by Gasteiger charge is 2.51. The Labute approximate surface area is 160 Å². The van der Waals surface area contributed by atoms with Crippen molar-refractivity contribution in [2.45, 2.75) is 44.0 Å². The lowest BCUT2D eigenvalue weighted by molar-refractivity contribution is -0.131. The molecule has 0 aliphatic carbocycles. The van der Waals surface area contributed by atoms with E-state index in [1.54, 1.807) is 0 Å². The Morgan fingerprint density at radius 3 is 1.29 bits per heavy atom. The van der Waals surface area contributed by atoms with Crippen molar-refractivity contribution in [3.05, 3.63) is 0 Å². The fourth-order valence-corrected chi connectivity index (χ4v) is 3.64. The summed E-state index contributed by atoms with van der Waals surface area (Å²) in [5.41, 5.74) is -2.32. The third kappa shape index (κ3) is 6.51. The van der Waals surface area contributed by atoms with E-state index in [0.717, 1.165) is 0 Å². The Morgan fingerprint density at radius 1 is 0.625 bits per heavy atom. The lowest BCUT2D eigenvalue weighted by atomic mass is 9.57. The largest absolute Gasteiger partial charge is 0.396 e. The van der Waals surface area contributed by atoms with Crippen molar-refractivity contribution >= 4 is 37.9 Å². The monoisotopic (exact) mass is 404 g/mol. The van der Waals surface area contributed by atoms with E-state index in [4.69, 9.17) is 0 Å². The first kappa shape index (κ1) is 24.8. The van der Waals surface area contributed by atoms with Gasteiger partial charge in [0.2, 0.25) is 0 Å². The topological polar surface area (TPSA) is 121 Å². The molecule has 0 bridgehead atoms. The van der Waals surface area contributed by atoms with E-state index in [1.165, 1.54) is 0 Å². The van der Waals surface area contributed by atoms with Crippen LogP contribution in [0.5, 0.6) is 0 Å². The van der Waals surface area contributed by atoms with Crippen molar-refractivity contribution in [3.8, 4) is 0 Å². The summed E-state index contributed by atoms with van der Waals surface area (Å²) in [5.74, 6) is 0.559. The minimum atomic E-state index is -1.32. The third-order valence-corrected chi connectivity index (χ3v) is 6.14. The van der Waals surface area contributed by atoms with Crippen molar-refractivity contribution in [1.29, 1.82) is 0 Å². The predicted octanol–water partition coefficient (Wildman–Crippen LogP) is -0.631. The number of thiol groups is 3. The van der Waals surface area contributed by atoms with Gasteiger partial charge in [0, 0.05) is 22.7 Å². The summed E-state index contributed by atoms with van der Waals surface area (Å²) in [5, 5.41) is 59.9. The Morgan fingerprint density at radius 2 is 1.00 bits per heavy atom. The maximum atomic E-state index is 10.2. The predicted molar refractivity (Wildman–Crippen MR) is 104 cm³/mol. The average Bonchev–Trinajstić information content (AvgIpc) is 2.60. The van der Waals surface area contributed by atoms with Crippen LogP contribution in [-0.4, -0.2) is 86.0 Å². The number of aliphatic hydroxyl groups is 6. The third-order valence-electron chi connectivity index (χ3n) is 4.87. The first-order chi connectivity index (χ1) is 11.3. The lowest BCUT2D eigenvalue weighted by Crippen LogP contribution is -2.53. The molecule has 0 aliphatic rings. The minimum Gasteiger partial charge on any atom is -0.396 e. The molecule has 0 amide bonds. The molecule has 0 aromatic rings. The molecular weight excluding hydrogens is 372 g/mol. The van der Waals surface area contributed by atoms with Crippen LogP contribution >= 0.6 is 37.9 Å². The van der Waals surface area contributed by atoms with Gasteiger partial charge in [-0.3, -0.25) is 0 Å². The van der Waals surface area contributed by atoms with Gasteiger partial charge in [-0.2, -0.15) is 37.9 Å². The van der Waals surface area contributed by atoms with Crippen LogP contribution in [0.4, 0.5) is 0 Å². The minimum absolute atomic E-state index is 0.113. The van der Waals surface area contributed by atoms with Crippen LogP contribution in [0.1, 0.15) is 25.7 Å². The zero-order chi connectivity index (χ0) is 18.8. The SMILES string of the molecule is OCC(CO)(CO)C(CCC(O)CS)(CC(O)CS)CC(O)CS. The number of aliphatic hydroxyl groups excluding tert-OH is 6. The van der Waals surface area contributed by atoms with E-state index >= 15 is 0 Å². The van der Waals surface area contributed by atoms with E-state index < -0.39 is 49.0 Å². The van der Waals surface area contributed by atoms with Crippen molar-refractivity contribution in [3.63, 3.8) is 0 Å². The standard InChI is InChI=1S/C15H32O6S3/c16-8-15(9-17,10-18)14(3-12(20)6-23,4-13(21)7-24)2-1-11(19)5-22/h11-13,16-24H,1-10H2. The van der Waals surface area contributed by atoms with Crippen molar-refractivity contribution in [1.82, 2.24) is 0 Å². The van der Waals surface area contributed by atoms with E-state index in [9.17, 15) is 30.6 Å². The molecule has 24 heavy (non-hydrogen) atoms. The fraction of sp³-hybridized carbons (Fsp3) is 1.00. The molecule has 0 fully saturated rings. The molecule has 0 heterocycles. The van der Waals surface area contributed by atoms with Gasteiger partial charge >= 0.3 is 0 Å². The summed E-state index contributed by atoms with van der Waals surface area (Å²) in [7, 11) is 0. The molecule has 9 heteroatoms. The van der Waals surface area contributed by atoms with Gasteiger partial charge < -0.3 is 30.6 Å². The van der Waals surface area contributed by atoms with Gasteiger partial charge in [0.05, 0.1) is 38.1 Å². The zero-order valence-corrected chi connectivity index (χ0v) is 16.5. The van der Waals surface area contributed by atoms with Crippen LogP contribution < -0.4 is 0 Å². The van der Waals surface area contributed by atoms with Gasteiger partial charge in [-0.05, 0) is 31.1 Å². The molecule has 0 spiro atoms. The van der Waals surface area contributed by atoms with Gasteiger partial charge in [-0.25, -0.2) is 0 Å². The molecule has 146 valence electrons. The van der Waals surface area contributed by atoms with Gasteiger partial charge in [0.1, 0.15) is 0 Å². The molecule has 0 aliphatic heterocycles. The highest BCUT2D eigenvalue weighted by molar-refractivity contribution is 7.80. The Hall–Kier alpha value is 0.810. The molecule has 6 N–H and O–H groups in total. The highest BCUT2D eigenvalue weighted by atomic mass is 32.1. The van der Waals surface area contributed by atoms with Crippen LogP contribution in [0, 0.1) is 10.8 Å². The molecule has 0 saturated heterocycles. The maximum Gasteiger partial charge on any atom is 0.0633 e. The molecule has 6 nitrogen and oxygen atoms in total. The summed E-state index contributed by atoms with van der Waals surface area (Å²) in [6.45, 7) is -1.55. The Bertz CT molecular complexity index is 310. The van der Waals surface area contributed by atoms with Crippen molar-refractivity contribution in [2.24, 2.45) is 10.8 Å². The van der Waals surface area contributed by atoms with Crippen LogP contribution in [0.15, 0.2) is 0 Å².